The molecule has 0 aromatic heterocycles. The lowest BCUT2D eigenvalue weighted by Gasteiger charge is -2.18. The summed E-state index contributed by atoms with van der Waals surface area (Å²) in [6.07, 6.45) is 7.32. The van der Waals surface area contributed by atoms with E-state index in [0.717, 1.165) is 0 Å². The van der Waals surface area contributed by atoms with E-state index in [4.69, 9.17) is 14.2 Å². The summed E-state index contributed by atoms with van der Waals surface area (Å²) < 4.78 is 16.0. The third-order valence-corrected chi connectivity index (χ3v) is 5.49. The average Bonchev–Trinajstić information content (AvgIpc) is 3.10. The zero-order valence-electron chi connectivity index (χ0n) is 16.7. The average molecular weight is 378 g/mol. The molecule has 2 aliphatic heterocycles. The summed E-state index contributed by atoms with van der Waals surface area (Å²) in [6.45, 7) is 9.32. The van der Waals surface area contributed by atoms with E-state index in [9.17, 15) is 14.4 Å². The van der Waals surface area contributed by atoms with Gasteiger partial charge in [0, 0.05) is 24.8 Å². The summed E-state index contributed by atoms with van der Waals surface area (Å²) in [4.78, 5) is 34.5. The minimum Gasteiger partial charge on any atom is -0.466 e. The van der Waals surface area contributed by atoms with E-state index >= 15 is 0 Å². The molecular formula is C21H30O6. The van der Waals surface area contributed by atoms with E-state index in [1.165, 1.54) is 14.0 Å². The maximum Gasteiger partial charge on any atom is 0.333 e. The molecular weight excluding hydrogens is 348 g/mol. The van der Waals surface area contributed by atoms with Crippen molar-refractivity contribution in [2.75, 3.05) is 7.11 Å². The van der Waals surface area contributed by atoms with E-state index in [1.807, 2.05) is 26.0 Å². The van der Waals surface area contributed by atoms with Crippen molar-refractivity contribution in [2.24, 2.45) is 5.92 Å². The topological polar surface area (TPSA) is 82.2 Å². The van der Waals surface area contributed by atoms with Gasteiger partial charge in [-0.15, -0.1) is 0 Å². The number of Topliss-reactive ketones (excluding diaryl/α,β-unsaturated/α-hetero) is 1. The first-order chi connectivity index (χ1) is 12.6. The molecule has 0 N–H and O–H groups in total. The number of rotatable bonds is 10. The van der Waals surface area contributed by atoms with Crippen LogP contribution in [0.3, 0.4) is 0 Å². The molecule has 0 aliphatic carbocycles. The monoisotopic (exact) mass is 378 g/mol. The number of ketones is 1. The molecule has 0 amide bonds. The van der Waals surface area contributed by atoms with Gasteiger partial charge in [-0.1, -0.05) is 12.7 Å². The van der Waals surface area contributed by atoms with Crippen molar-refractivity contribution in [1.29, 1.82) is 0 Å². The lowest BCUT2D eigenvalue weighted by molar-refractivity contribution is -0.144. The SMILES string of the molecule is C=C(C(=O)OC)C(CCC(C)=O)CC1OC1(C)CC=CC1(C)CCC(=O)O1. The Bertz CT molecular complexity index is 651. The predicted octanol–water partition coefficient (Wildman–Crippen LogP) is 3.29. The van der Waals surface area contributed by atoms with Crippen molar-refractivity contribution in [2.45, 2.75) is 76.6 Å². The summed E-state index contributed by atoms with van der Waals surface area (Å²) in [7, 11) is 1.33. The Morgan fingerprint density at radius 1 is 1.41 bits per heavy atom. The zero-order valence-corrected chi connectivity index (χ0v) is 16.7. The smallest absolute Gasteiger partial charge is 0.333 e. The first kappa shape index (κ1) is 21.4. The van der Waals surface area contributed by atoms with E-state index in [1.54, 1.807) is 0 Å². The zero-order chi connectivity index (χ0) is 20.2. The summed E-state index contributed by atoms with van der Waals surface area (Å²) in [5, 5.41) is 0. The van der Waals surface area contributed by atoms with Gasteiger partial charge in [0.2, 0.25) is 0 Å². The van der Waals surface area contributed by atoms with Gasteiger partial charge in [-0.3, -0.25) is 4.79 Å². The molecule has 2 heterocycles. The van der Waals surface area contributed by atoms with Crippen molar-refractivity contribution in [3.05, 3.63) is 24.3 Å². The standard InChI is InChI=1S/C21H30O6/c1-14(22)7-8-16(15(2)19(24)25-5)13-17-21(4,26-17)11-6-10-20(3)12-9-18(23)27-20/h6,10,16-17H,2,7-9,11-13H2,1,3-5H3. The highest BCUT2D eigenvalue weighted by Crippen LogP contribution is 2.45. The van der Waals surface area contributed by atoms with Crippen molar-refractivity contribution < 1.29 is 28.6 Å². The van der Waals surface area contributed by atoms with Crippen LogP contribution >= 0.6 is 0 Å². The minimum absolute atomic E-state index is 0.0144. The summed E-state index contributed by atoms with van der Waals surface area (Å²) in [5.74, 6) is -0.671. The maximum atomic E-state index is 11.8. The van der Waals surface area contributed by atoms with Gasteiger partial charge in [0.25, 0.3) is 0 Å². The number of cyclic esters (lactones) is 1. The molecule has 2 rings (SSSR count). The molecule has 0 aromatic rings. The normalized spacial score (nSPS) is 30.8. The molecule has 6 heteroatoms. The van der Waals surface area contributed by atoms with Gasteiger partial charge in [0.1, 0.15) is 11.4 Å². The van der Waals surface area contributed by atoms with Crippen LogP contribution in [0.2, 0.25) is 0 Å². The lowest BCUT2D eigenvalue weighted by atomic mass is 9.86. The highest BCUT2D eigenvalue weighted by molar-refractivity contribution is 5.88. The number of epoxide rings is 1. The van der Waals surface area contributed by atoms with Crippen LogP contribution in [0.25, 0.3) is 0 Å². The molecule has 4 unspecified atom stereocenters. The lowest BCUT2D eigenvalue weighted by Crippen LogP contribution is -2.21. The van der Waals surface area contributed by atoms with Crippen LogP contribution < -0.4 is 0 Å². The molecule has 0 radical (unpaired) electrons. The van der Waals surface area contributed by atoms with Crippen LogP contribution in [0.1, 0.15) is 59.3 Å². The molecule has 4 atom stereocenters. The summed E-state index contributed by atoms with van der Waals surface area (Å²) >= 11 is 0. The number of esters is 2. The Morgan fingerprint density at radius 3 is 2.67 bits per heavy atom. The number of carbonyl (C=O) groups excluding carboxylic acids is 3. The number of ether oxygens (including phenoxy) is 3. The molecule has 6 nitrogen and oxygen atoms in total. The second-order valence-electron chi connectivity index (χ2n) is 8.00. The van der Waals surface area contributed by atoms with Gasteiger partial charge in [-0.05, 0) is 52.0 Å². The van der Waals surface area contributed by atoms with Gasteiger partial charge in [0.05, 0.1) is 18.8 Å². The molecule has 0 aromatic carbocycles. The first-order valence-electron chi connectivity index (χ1n) is 9.42. The third kappa shape index (κ3) is 5.76. The van der Waals surface area contributed by atoms with Crippen molar-refractivity contribution in [3.63, 3.8) is 0 Å². The fourth-order valence-corrected chi connectivity index (χ4v) is 3.51. The van der Waals surface area contributed by atoms with Gasteiger partial charge in [-0.2, -0.15) is 0 Å². The fourth-order valence-electron chi connectivity index (χ4n) is 3.51. The van der Waals surface area contributed by atoms with Crippen LogP contribution in [-0.4, -0.2) is 42.1 Å². The van der Waals surface area contributed by atoms with Crippen LogP contribution in [0, 0.1) is 5.92 Å². The molecule has 150 valence electrons. The minimum atomic E-state index is -0.527. The van der Waals surface area contributed by atoms with Crippen molar-refractivity contribution in [1.82, 2.24) is 0 Å². The third-order valence-electron chi connectivity index (χ3n) is 5.49. The molecule has 0 bridgehead atoms. The fraction of sp³-hybridized carbons (Fsp3) is 0.667. The van der Waals surface area contributed by atoms with Gasteiger partial charge < -0.3 is 19.0 Å². The van der Waals surface area contributed by atoms with Crippen LogP contribution in [-0.2, 0) is 28.6 Å². The molecule has 0 spiro atoms. The molecule has 2 aliphatic rings. The summed E-state index contributed by atoms with van der Waals surface area (Å²) in [6, 6.07) is 0. The van der Waals surface area contributed by atoms with E-state index in [2.05, 4.69) is 6.58 Å². The highest BCUT2D eigenvalue weighted by Gasteiger charge is 2.52. The van der Waals surface area contributed by atoms with Gasteiger partial charge in [0.15, 0.2) is 0 Å². The van der Waals surface area contributed by atoms with Crippen molar-refractivity contribution in [3.8, 4) is 0 Å². The van der Waals surface area contributed by atoms with Gasteiger partial charge >= 0.3 is 11.9 Å². The molecule has 0 saturated carbocycles. The number of hydrogen-bond donors (Lipinski definition) is 0. The Hall–Kier alpha value is -1.95. The van der Waals surface area contributed by atoms with Gasteiger partial charge in [-0.25, -0.2) is 4.79 Å². The molecule has 2 saturated heterocycles. The summed E-state index contributed by atoms with van der Waals surface area (Å²) in [5.41, 5.74) is -0.459. The second kappa shape index (κ2) is 8.38. The van der Waals surface area contributed by atoms with E-state index in [-0.39, 0.29) is 29.4 Å². The predicted molar refractivity (Wildman–Crippen MR) is 99.9 cm³/mol. The first-order valence-corrected chi connectivity index (χ1v) is 9.42. The maximum absolute atomic E-state index is 11.8. The van der Waals surface area contributed by atoms with Crippen LogP contribution in [0.5, 0.6) is 0 Å². The quantitative estimate of drug-likeness (QED) is 0.251. The number of carbonyl (C=O) groups is 3. The Morgan fingerprint density at radius 2 is 2.11 bits per heavy atom. The Balaban J connectivity index is 1.91. The Labute approximate surface area is 160 Å². The highest BCUT2D eigenvalue weighted by atomic mass is 16.6. The van der Waals surface area contributed by atoms with Crippen LogP contribution in [0.4, 0.5) is 0 Å². The number of hydrogen-bond acceptors (Lipinski definition) is 6. The largest absolute Gasteiger partial charge is 0.466 e. The van der Waals surface area contributed by atoms with Crippen molar-refractivity contribution >= 4 is 17.7 Å². The molecule has 27 heavy (non-hydrogen) atoms. The van der Waals surface area contributed by atoms with E-state index in [0.29, 0.717) is 44.1 Å². The number of methoxy groups -OCH3 is 1. The molecule has 2 fully saturated rings. The second-order valence-corrected chi connectivity index (χ2v) is 8.00. The van der Waals surface area contributed by atoms with Crippen LogP contribution in [0.15, 0.2) is 24.3 Å². The van der Waals surface area contributed by atoms with E-state index < -0.39 is 11.6 Å². The Kier molecular flexibility index (Phi) is 6.63.